The topological polar surface area (TPSA) is 46.5 Å². The molecular weight excluding hydrogens is 348 g/mol. The highest BCUT2D eigenvalue weighted by molar-refractivity contribution is 5.76. The second-order valence-electron chi connectivity index (χ2n) is 7.37. The van der Waals surface area contributed by atoms with E-state index in [1.165, 1.54) is 17.2 Å². The summed E-state index contributed by atoms with van der Waals surface area (Å²) in [7, 11) is 0. The maximum absolute atomic E-state index is 11.1. The highest BCUT2D eigenvalue weighted by Crippen LogP contribution is 2.34. The lowest BCUT2D eigenvalue weighted by molar-refractivity contribution is 0.0668. The average molecular weight is 374 g/mol. The van der Waals surface area contributed by atoms with Crippen molar-refractivity contribution < 1.29 is 14.6 Å². The van der Waals surface area contributed by atoms with Crippen LogP contribution >= 0.6 is 0 Å². The van der Waals surface area contributed by atoms with Crippen LogP contribution in [0.4, 0.5) is 0 Å². The van der Waals surface area contributed by atoms with Crippen molar-refractivity contribution >= 4 is 6.29 Å². The molecule has 0 amide bonds. The second-order valence-corrected chi connectivity index (χ2v) is 7.37. The fourth-order valence-corrected chi connectivity index (χ4v) is 3.29. The molecule has 3 heteroatoms. The van der Waals surface area contributed by atoms with Crippen LogP contribution in [0.5, 0.6) is 11.5 Å². The van der Waals surface area contributed by atoms with E-state index < -0.39 is 5.60 Å². The Morgan fingerprint density at radius 3 is 1.89 bits per heavy atom. The molecule has 3 aromatic carbocycles. The Kier molecular flexibility index (Phi) is 6.49. The third-order valence-electron chi connectivity index (χ3n) is 5.05. The highest BCUT2D eigenvalue weighted by atomic mass is 16.5. The molecule has 0 aliphatic carbocycles. The van der Waals surface area contributed by atoms with Crippen molar-refractivity contribution in [3.8, 4) is 11.5 Å². The zero-order valence-electron chi connectivity index (χ0n) is 16.2. The van der Waals surface area contributed by atoms with E-state index in [-0.39, 0.29) is 5.75 Å². The number of benzene rings is 3. The molecule has 0 unspecified atom stereocenters. The molecule has 0 fully saturated rings. The first-order valence-electron chi connectivity index (χ1n) is 9.63. The van der Waals surface area contributed by atoms with Crippen LogP contribution in [0.25, 0.3) is 0 Å². The van der Waals surface area contributed by atoms with E-state index in [1.807, 2.05) is 36.4 Å². The van der Waals surface area contributed by atoms with Gasteiger partial charge in [-0.15, -0.1) is 0 Å². The number of aldehydes is 1. The van der Waals surface area contributed by atoms with Crippen molar-refractivity contribution in [1.82, 2.24) is 0 Å². The Morgan fingerprint density at radius 1 is 0.857 bits per heavy atom. The summed E-state index contributed by atoms with van der Waals surface area (Å²) < 4.78 is 6.31. The van der Waals surface area contributed by atoms with Gasteiger partial charge in [0, 0.05) is 5.56 Å². The lowest BCUT2D eigenvalue weighted by Gasteiger charge is -2.31. The minimum Gasteiger partial charge on any atom is -0.504 e. The SMILES string of the molecule is CC(CCc1ccccc1)(CCc1ccccc1)Oc1cc(C=O)ccc1O. The Morgan fingerprint density at radius 2 is 1.39 bits per heavy atom. The lowest BCUT2D eigenvalue weighted by Crippen LogP contribution is -2.34. The fraction of sp³-hybridized carbons (Fsp3) is 0.240. The van der Waals surface area contributed by atoms with Crippen LogP contribution in [-0.2, 0) is 12.8 Å². The van der Waals surface area contributed by atoms with Gasteiger partial charge in [0.1, 0.15) is 11.9 Å². The van der Waals surface area contributed by atoms with E-state index in [2.05, 4.69) is 31.2 Å². The first kappa shape index (κ1) is 19.7. The monoisotopic (exact) mass is 374 g/mol. The Labute approximate surface area is 166 Å². The van der Waals surface area contributed by atoms with Crippen molar-refractivity contribution in [1.29, 1.82) is 0 Å². The standard InChI is InChI=1S/C25H26O3/c1-25(16-14-20-8-4-2-5-9-20,17-15-21-10-6-3-7-11-21)28-24-18-22(19-26)12-13-23(24)27/h2-13,18-19,27H,14-17H2,1H3. The molecule has 0 saturated carbocycles. The zero-order chi connectivity index (χ0) is 19.8. The van der Waals surface area contributed by atoms with Crippen LogP contribution in [0.2, 0.25) is 0 Å². The lowest BCUT2D eigenvalue weighted by atomic mass is 9.90. The molecule has 3 nitrogen and oxygen atoms in total. The van der Waals surface area contributed by atoms with Gasteiger partial charge in [0.2, 0.25) is 0 Å². The summed E-state index contributed by atoms with van der Waals surface area (Å²) in [6, 6.07) is 25.3. The van der Waals surface area contributed by atoms with E-state index in [0.717, 1.165) is 32.0 Å². The van der Waals surface area contributed by atoms with E-state index in [0.29, 0.717) is 11.3 Å². The molecule has 0 radical (unpaired) electrons. The smallest absolute Gasteiger partial charge is 0.162 e. The number of hydrogen-bond donors (Lipinski definition) is 1. The van der Waals surface area contributed by atoms with E-state index >= 15 is 0 Å². The summed E-state index contributed by atoms with van der Waals surface area (Å²) in [5.41, 5.74) is 2.51. The fourth-order valence-electron chi connectivity index (χ4n) is 3.29. The molecule has 0 aliphatic rings. The molecule has 3 aromatic rings. The van der Waals surface area contributed by atoms with Crippen LogP contribution in [0.3, 0.4) is 0 Å². The van der Waals surface area contributed by atoms with E-state index in [4.69, 9.17) is 4.74 Å². The second kappa shape index (κ2) is 9.23. The van der Waals surface area contributed by atoms with Crippen molar-refractivity contribution in [2.45, 2.75) is 38.2 Å². The van der Waals surface area contributed by atoms with Crippen molar-refractivity contribution in [2.24, 2.45) is 0 Å². The minimum absolute atomic E-state index is 0.0521. The summed E-state index contributed by atoms with van der Waals surface area (Å²) in [6.45, 7) is 2.08. The normalized spacial score (nSPS) is 11.2. The number of carbonyl (C=O) groups is 1. The maximum Gasteiger partial charge on any atom is 0.162 e. The molecule has 0 spiro atoms. The summed E-state index contributed by atoms with van der Waals surface area (Å²) in [5, 5.41) is 10.2. The van der Waals surface area contributed by atoms with Crippen molar-refractivity contribution in [3.63, 3.8) is 0 Å². The summed E-state index contributed by atoms with van der Waals surface area (Å²) in [5.74, 6) is 0.407. The molecule has 3 rings (SSSR count). The molecular formula is C25H26O3. The summed E-state index contributed by atoms with van der Waals surface area (Å²) in [6.07, 6.45) is 4.11. The number of hydrogen-bond acceptors (Lipinski definition) is 3. The molecule has 0 atom stereocenters. The Bertz CT molecular complexity index is 845. The van der Waals surface area contributed by atoms with Crippen LogP contribution in [-0.4, -0.2) is 17.0 Å². The number of phenolic OH excluding ortho intramolecular Hbond substituents is 1. The first-order valence-corrected chi connectivity index (χ1v) is 9.63. The maximum atomic E-state index is 11.1. The van der Waals surface area contributed by atoms with Gasteiger partial charge in [0.25, 0.3) is 0 Å². The Hall–Kier alpha value is -3.07. The number of ether oxygens (including phenoxy) is 1. The van der Waals surface area contributed by atoms with Gasteiger partial charge in [-0.1, -0.05) is 60.7 Å². The van der Waals surface area contributed by atoms with Crippen molar-refractivity contribution in [2.75, 3.05) is 0 Å². The van der Waals surface area contributed by atoms with E-state index in [1.54, 1.807) is 12.1 Å². The molecule has 0 aliphatic heterocycles. The summed E-state index contributed by atoms with van der Waals surface area (Å²) in [4.78, 5) is 11.1. The third-order valence-corrected chi connectivity index (χ3v) is 5.05. The zero-order valence-corrected chi connectivity index (χ0v) is 16.2. The van der Waals surface area contributed by atoms with Crippen LogP contribution in [0.15, 0.2) is 78.9 Å². The molecule has 28 heavy (non-hydrogen) atoms. The van der Waals surface area contributed by atoms with Gasteiger partial charge in [0.15, 0.2) is 11.5 Å². The molecule has 0 aromatic heterocycles. The molecule has 0 heterocycles. The Balaban J connectivity index is 1.79. The quantitative estimate of drug-likeness (QED) is 0.495. The predicted molar refractivity (Wildman–Crippen MR) is 112 cm³/mol. The van der Waals surface area contributed by atoms with Gasteiger partial charge in [-0.05, 0) is 61.9 Å². The van der Waals surface area contributed by atoms with Gasteiger partial charge in [-0.2, -0.15) is 0 Å². The van der Waals surface area contributed by atoms with Crippen LogP contribution in [0.1, 0.15) is 41.3 Å². The predicted octanol–water partition coefficient (Wildman–Crippen LogP) is 5.61. The van der Waals surface area contributed by atoms with Gasteiger partial charge in [-0.3, -0.25) is 4.79 Å². The number of carbonyl (C=O) groups excluding carboxylic acids is 1. The number of phenols is 1. The van der Waals surface area contributed by atoms with Gasteiger partial charge in [-0.25, -0.2) is 0 Å². The molecule has 144 valence electrons. The number of rotatable bonds is 9. The molecule has 0 saturated heterocycles. The largest absolute Gasteiger partial charge is 0.504 e. The van der Waals surface area contributed by atoms with Crippen molar-refractivity contribution in [3.05, 3.63) is 95.6 Å². The van der Waals surface area contributed by atoms with Gasteiger partial charge < -0.3 is 9.84 Å². The third kappa shape index (κ3) is 5.46. The first-order chi connectivity index (χ1) is 13.6. The van der Waals surface area contributed by atoms with Crippen LogP contribution in [0, 0.1) is 0 Å². The average Bonchev–Trinajstić information content (AvgIpc) is 2.74. The molecule has 0 bridgehead atoms. The highest BCUT2D eigenvalue weighted by Gasteiger charge is 2.27. The van der Waals surface area contributed by atoms with Gasteiger partial charge in [0.05, 0.1) is 0 Å². The van der Waals surface area contributed by atoms with E-state index in [9.17, 15) is 9.90 Å². The number of aromatic hydroxyl groups is 1. The molecule has 1 N–H and O–H groups in total. The number of aryl methyl sites for hydroxylation is 2. The van der Waals surface area contributed by atoms with Gasteiger partial charge >= 0.3 is 0 Å². The minimum atomic E-state index is -0.481. The van der Waals surface area contributed by atoms with Crippen LogP contribution < -0.4 is 4.74 Å². The summed E-state index contributed by atoms with van der Waals surface area (Å²) >= 11 is 0.